The Kier molecular flexibility index (Phi) is 5.30. The Morgan fingerprint density at radius 1 is 1.42 bits per heavy atom. The lowest BCUT2D eigenvalue weighted by Gasteiger charge is -2.31. The van der Waals surface area contributed by atoms with Gasteiger partial charge in [-0.25, -0.2) is 4.79 Å². The summed E-state index contributed by atoms with van der Waals surface area (Å²) in [6, 6.07) is 5.98. The maximum Gasteiger partial charge on any atom is 0.329 e. The minimum atomic E-state index is -0.891. The van der Waals surface area contributed by atoms with Crippen molar-refractivity contribution in [1.82, 2.24) is 9.88 Å². The molecule has 1 aliphatic heterocycles. The molecule has 1 N–H and O–H groups in total. The van der Waals surface area contributed by atoms with Crippen molar-refractivity contribution in [3.63, 3.8) is 0 Å². The molecule has 0 atom stereocenters. The summed E-state index contributed by atoms with van der Waals surface area (Å²) in [5.74, 6) is -0.891. The zero-order valence-corrected chi connectivity index (χ0v) is 11.0. The van der Waals surface area contributed by atoms with Crippen LogP contribution in [0.4, 0.5) is 0 Å². The number of ether oxygens (including phenoxy) is 1. The van der Waals surface area contributed by atoms with Crippen LogP contribution in [0.25, 0.3) is 0 Å². The molecule has 0 radical (unpaired) electrons. The van der Waals surface area contributed by atoms with Crippen LogP contribution < -0.4 is 0 Å². The van der Waals surface area contributed by atoms with E-state index < -0.39 is 5.97 Å². The van der Waals surface area contributed by atoms with Crippen LogP contribution in [-0.4, -0.2) is 53.3 Å². The van der Waals surface area contributed by atoms with Crippen LogP contribution in [0.2, 0.25) is 0 Å². The molecule has 0 saturated carbocycles. The maximum absolute atomic E-state index is 10.4. The normalized spacial score (nSPS) is 17.5. The molecule has 0 unspecified atom stereocenters. The van der Waals surface area contributed by atoms with Crippen molar-refractivity contribution in [2.75, 3.05) is 26.2 Å². The molecule has 5 nitrogen and oxygen atoms in total. The highest BCUT2D eigenvalue weighted by Gasteiger charge is 2.20. The lowest BCUT2D eigenvalue weighted by Crippen LogP contribution is -2.38. The van der Waals surface area contributed by atoms with E-state index in [1.54, 1.807) is 0 Å². The Morgan fingerprint density at radius 2 is 2.21 bits per heavy atom. The van der Waals surface area contributed by atoms with Crippen molar-refractivity contribution in [2.45, 2.75) is 25.4 Å². The average molecular weight is 264 g/mol. The number of nitrogens with zero attached hydrogens (tertiary/aromatic N) is 2. The summed E-state index contributed by atoms with van der Waals surface area (Å²) in [4.78, 5) is 17.1. The second-order valence-electron chi connectivity index (χ2n) is 4.82. The molecule has 0 spiro atoms. The third-order valence-electron chi connectivity index (χ3n) is 3.39. The van der Waals surface area contributed by atoms with Gasteiger partial charge < -0.3 is 14.7 Å². The van der Waals surface area contributed by atoms with Gasteiger partial charge in [0.1, 0.15) is 6.61 Å². The van der Waals surface area contributed by atoms with Crippen molar-refractivity contribution in [1.29, 1.82) is 0 Å². The molecule has 19 heavy (non-hydrogen) atoms. The number of likely N-dealkylation sites (tertiary alicyclic amines) is 1. The van der Waals surface area contributed by atoms with Gasteiger partial charge >= 0.3 is 5.97 Å². The Morgan fingerprint density at radius 3 is 2.84 bits per heavy atom. The van der Waals surface area contributed by atoms with E-state index in [0.29, 0.717) is 0 Å². The Balaban J connectivity index is 1.65. The predicted octanol–water partition coefficient (Wildman–Crippen LogP) is 1.19. The lowest BCUT2D eigenvalue weighted by molar-refractivity contribution is -0.145. The summed E-state index contributed by atoms with van der Waals surface area (Å²) in [7, 11) is 0. The summed E-state index contributed by atoms with van der Waals surface area (Å²) in [6.07, 6.45) is 4.70. The molecule has 0 aliphatic carbocycles. The summed E-state index contributed by atoms with van der Waals surface area (Å²) in [6.45, 7) is 2.76. The van der Waals surface area contributed by atoms with Gasteiger partial charge in [0, 0.05) is 37.9 Å². The SMILES string of the molecule is O=C(O)COC1CCN(CCc2ccccn2)CC1. The smallest absolute Gasteiger partial charge is 0.329 e. The first-order valence-corrected chi connectivity index (χ1v) is 6.69. The number of piperidine rings is 1. The average Bonchev–Trinajstić information content (AvgIpc) is 2.45. The van der Waals surface area contributed by atoms with Crippen LogP contribution in [0, 0.1) is 0 Å². The fourth-order valence-electron chi connectivity index (χ4n) is 2.31. The molecule has 1 aliphatic rings. The van der Waals surface area contributed by atoms with Crippen LogP contribution in [0.3, 0.4) is 0 Å². The van der Waals surface area contributed by atoms with Crippen molar-refractivity contribution < 1.29 is 14.6 Å². The van der Waals surface area contributed by atoms with E-state index in [2.05, 4.69) is 9.88 Å². The number of hydrogen-bond donors (Lipinski definition) is 1. The van der Waals surface area contributed by atoms with E-state index in [4.69, 9.17) is 9.84 Å². The molecule has 2 rings (SSSR count). The van der Waals surface area contributed by atoms with Gasteiger partial charge in [0.2, 0.25) is 0 Å². The molecule has 0 aromatic carbocycles. The van der Waals surface area contributed by atoms with E-state index in [1.807, 2.05) is 24.4 Å². The van der Waals surface area contributed by atoms with Crippen LogP contribution in [0.5, 0.6) is 0 Å². The Labute approximate surface area is 113 Å². The molecule has 0 bridgehead atoms. The molecule has 1 aromatic rings. The summed E-state index contributed by atoms with van der Waals surface area (Å²) >= 11 is 0. The summed E-state index contributed by atoms with van der Waals surface area (Å²) in [5, 5.41) is 8.56. The van der Waals surface area contributed by atoms with Gasteiger partial charge in [-0.15, -0.1) is 0 Å². The zero-order chi connectivity index (χ0) is 13.5. The van der Waals surface area contributed by atoms with E-state index in [1.165, 1.54) is 0 Å². The minimum Gasteiger partial charge on any atom is -0.480 e. The fraction of sp³-hybridized carbons (Fsp3) is 0.571. The van der Waals surface area contributed by atoms with Gasteiger partial charge in [-0.3, -0.25) is 4.98 Å². The molecule has 1 fully saturated rings. The van der Waals surface area contributed by atoms with E-state index in [9.17, 15) is 4.79 Å². The van der Waals surface area contributed by atoms with Crippen LogP contribution in [0.1, 0.15) is 18.5 Å². The van der Waals surface area contributed by atoms with E-state index in [0.717, 1.165) is 44.6 Å². The molecule has 1 aromatic heterocycles. The highest BCUT2D eigenvalue weighted by Crippen LogP contribution is 2.13. The number of pyridine rings is 1. The third kappa shape index (κ3) is 4.96. The van der Waals surface area contributed by atoms with E-state index >= 15 is 0 Å². The van der Waals surface area contributed by atoms with Gasteiger partial charge in [-0.05, 0) is 25.0 Å². The lowest BCUT2D eigenvalue weighted by atomic mass is 10.1. The predicted molar refractivity (Wildman–Crippen MR) is 71.0 cm³/mol. The van der Waals surface area contributed by atoms with Crippen LogP contribution in [-0.2, 0) is 16.0 Å². The number of rotatable bonds is 6. The number of aromatic nitrogens is 1. The van der Waals surface area contributed by atoms with Crippen molar-refractivity contribution in [2.24, 2.45) is 0 Å². The first-order chi connectivity index (χ1) is 9.24. The quantitative estimate of drug-likeness (QED) is 0.836. The highest BCUT2D eigenvalue weighted by atomic mass is 16.5. The second kappa shape index (κ2) is 7.21. The van der Waals surface area contributed by atoms with Gasteiger partial charge in [-0.1, -0.05) is 6.07 Å². The second-order valence-corrected chi connectivity index (χ2v) is 4.82. The summed E-state index contributed by atoms with van der Waals surface area (Å²) < 4.78 is 5.32. The standard InChI is InChI=1S/C14H20N2O3/c17-14(18)11-19-13-5-9-16(10-6-13)8-4-12-3-1-2-7-15-12/h1-3,7,13H,4-6,8-11H2,(H,17,18). The zero-order valence-electron chi connectivity index (χ0n) is 11.0. The highest BCUT2D eigenvalue weighted by molar-refractivity contribution is 5.68. The minimum absolute atomic E-state index is 0.0993. The molecule has 2 heterocycles. The Bertz CT molecular complexity index is 389. The van der Waals surface area contributed by atoms with Crippen molar-refractivity contribution in [3.8, 4) is 0 Å². The van der Waals surface area contributed by atoms with Gasteiger partial charge in [0.25, 0.3) is 0 Å². The number of aliphatic carboxylic acids is 1. The molecule has 1 saturated heterocycles. The molecular formula is C14H20N2O3. The third-order valence-corrected chi connectivity index (χ3v) is 3.39. The number of carboxylic acids is 1. The first-order valence-electron chi connectivity index (χ1n) is 6.69. The number of hydrogen-bond acceptors (Lipinski definition) is 4. The van der Waals surface area contributed by atoms with E-state index in [-0.39, 0.29) is 12.7 Å². The molecule has 0 amide bonds. The monoisotopic (exact) mass is 264 g/mol. The maximum atomic E-state index is 10.4. The van der Waals surface area contributed by atoms with Crippen molar-refractivity contribution >= 4 is 5.97 Å². The fourth-order valence-corrected chi connectivity index (χ4v) is 2.31. The number of carbonyl (C=O) groups is 1. The largest absolute Gasteiger partial charge is 0.480 e. The number of carboxylic acid groups (broad SMARTS) is 1. The van der Waals surface area contributed by atoms with Crippen LogP contribution in [0.15, 0.2) is 24.4 Å². The molecule has 5 heteroatoms. The Hall–Kier alpha value is -1.46. The van der Waals surface area contributed by atoms with Gasteiger partial charge in [0.15, 0.2) is 0 Å². The molecular weight excluding hydrogens is 244 g/mol. The van der Waals surface area contributed by atoms with Gasteiger partial charge in [0.05, 0.1) is 6.10 Å². The first kappa shape index (κ1) is 14.0. The molecule has 104 valence electrons. The summed E-state index contributed by atoms with van der Waals surface area (Å²) in [5.41, 5.74) is 1.12. The van der Waals surface area contributed by atoms with Crippen molar-refractivity contribution in [3.05, 3.63) is 30.1 Å². The van der Waals surface area contributed by atoms with Crippen LogP contribution >= 0.6 is 0 Å². The van der Waals surface area contributed by atoms with Gasteiger partial charge in [-0.2, -0.15) is 0 Å². The topological polar surface area (TPSA) is 62.7 Å².